The average Bonchev–Trinajstić information content (AvgIpc) is 4.08. The van der Waals surface area contributed by atoms with E-state index in [0.717, 1.165) is 59.4 Å². The first-order chi connectivity index (χ1) is 36.6. The minimum absolute atomic E-state index is 0.571. The van der Waals surface area contributed by atoms with E-state index in [4.69, 9.17) is 9.47 Å². The quantitative estimate of drug-likeness (QED) is 0.0417. The van der Waals surface area contributed by atoms with Crippen LogP contribution in [0.1, 0.15) is 317 Å². The Morgan fingerprint density at radius 2 is 0.622 bits per heavy atom. The summed E-state index contributed by atoms with van der Waals surface area (Å²) in [6, 6.07) is 13.8. The van der Waals surface area contributed by atoms with Gasteiger partial charge in [-0.05, 0) is 96.8 Å². The maximum Gasteiger partial charge on any atom is 0.128 e. The number of nitriles is 2. The van der Waals surface area contributed by atoms with Crippen molar-refractivity contribution in [1.82, 2.24) is 0 Å². The van der Waals surface area contributed by atoms with Crippen molar-refractivity contribution < 1.29 is 9.47 Å². The summed E-state index contributed by atoms with van der Waals surface area (Å²) in [5.74, 6) is 1.32. The topological polar surface area (TPSA) is 66.0 Å². The zero-order valence-electron chi connectivity index (χ0n) is 48.3. The fourth-order valence-electron chi connectivity index (χ4n) is 10.2. The highest BCUT2D eigenvalue weighted by atomic mass is 32.1. The van der Waals surface area contributed by atoms with Gasteiger partial charge in [0.1, 0.15) is 11.5 Å². The monoisotopic (exact) mass is 1050 g/mol. The molecule has 0 unspecified atom stereocenters. The van der Waals surface area contributed by atoms with Gasteiger partial charge in [-0.25, -0.2) is 0 Å². The van der Waals surface area contributed by atoms with Gasteiger partial charge in [-0.1, -0.05) is 259 Å². The number of hydrogen-bond donors (Lipinski definition) is 0. The predicted octanol–water partition coefficient (Wildman–Crippen LogP) is 23.5. The standard InChI is InChI=1S/C68H108N2O2S2/c1-5-9-13-17-21-25-29-33-37-41-45-59-49-63(73-57-59)51-61(55-69)65-53-68(72-48-44-40-36-32-28-24-20-16-12-8-4)66(54-67(65)71-47-43-39-35-31-27-23-19-15-11-7-3)62(56-70)52-64-50-60(58-74-64)46-42-38-34-30-26-22-18-14-10-6-2/h49-54,57-58H,5-48H2,1-4H3/b61-51+,62-52?. The van der Waals surface area contributed by atoms with Gasteiger partial charge in [-0.3, -0.25) is 0 Å². The van der Waals surface area contributed by atoms with Crippen LogP contribution in [-0.2, 0) is 12.8 Å². The Kier molecular flexibility index (Phi) is 40.2. The third-order valence-corrected chi connectivity index (χ3v) is 16.8. The summed E-state index contributed by atoms with van der Waals surface area (Å²) in [5.41, 5.74) is 5.36. The van der Waals surface area contributed by atoms with Crippen molar-refractivity contribution in [3.8, 4) is 23.6 Å². The zero-order valence-corrected chi connectivity index (χ0v) is 49.9. The van der Waals surface area contributed by atoms with Gasteiger partial charge in [0.2, 0.25) is 0 Å². The Morgan fingerprint density at radius 3 is 0.892 bits per heavy atom. The molecule has 0 spiro atoms. The van der Waals surface area contributed by atoms with E-state index in [1.807, 2.05) is 24.3 Å². The molecule has 3 aromatic rings. The van der Waals surface area contributed by atoms with Gasteiger partial charge in [0.25, 0.3) is 0 Å². The van der Waals surface area contributed by atoms with E-state index in [2.05, 4.69) is 62.7 Å². The summed E-state index contributed by atoms with van der Waals surface area (Å²) in [7, 11) is 0. The average molecular weight is 1050 g/mol. The first kappa shape index (κ1) is 65.0. The number of unbranched alkanes of at least 4 members (excludes halogenated alkanes) is 36. The number of nitrogens with zero attached hydrogens (tertiary/aromatic N) is 2. The number of ether oxygens (including phenoxy) is 2. The first-order valence-electron chi connectivity index (χ1n) is 31.4. The summed E-state index contributed by atoms with van der Waals surface area (Å²) in [5, 5.41) is 26.4. The van der Waals surface area contributed by atoms with Gasteiger partial charge >= 0.3 is 0 Å². The predicted molar refractivity (Wildman–Crippen MR) is 328 cm³/mol. The number of allylic oxidation sites excluding steroid dienone is 2. The number of hydrogen-bond acceptors (Lipinski definition) is 6. The number of benzene rings is 1. The van der Waals surface area contributed by atoms with Crippen LogP contribution in [0.2, 0.25) is 0 Å². The summed E-state index contributed by atoms with van der Waals surface area (Å²) < 4.78 is 13.5. The van der Waals surface area contributed by atoms with Gasteiger partial charge in [0.05, 0.1) is 36.5 Å². The highest BCUT2D eigenvalue weighted by molar-refractivity contribution is 7.11. The Morgan fingerprint density at radius 1 is 0.365 bits per heavy atom. The van der Waals surface area contributed by atoms with Gasteiger partial charge in [-0.2, -0.15) is 10.5 Å². The van der Waals surface area contributed by atoms with E-state index in [-0.39, 0.29) is 0 Å². The number of rotatable bonds is 50. The second-order valence-corrected chi connectivity index (χ2v) is 23.7. The van der Waals surface area contributed by atoms with E-state index in [0.29, 0.717) is 35.9 Å². The summed E-state index contributed by atoms with van der Waals surface area (Å²) in [4.78, 5) is 2.18. The molecule has 2 aromatic heterocycles. The fraction of sp³-hybridized carbons (Fsp3) is 0.706. The molecule has 0 N–H and O–H groups in total. The highest BCUT2D eigenvalue weighted by Gasteiger charge is 2.20. The lowest BCUT2D eigenvalue weighted by atomic mass is 9.97. The minimum atomic E-state index is 0.571. The van der Waals surface area contributed by atoms with Gasteiger partial charge in [0.15, 0.2) is 0 Å². The molecular formula is C68H108N2O2S2. The van der Waals surface area contributed by atoms with Crippen molar-refractivity contribution in [1.29, 1.82) is 10.5 Å². The van der Waals surface area contributed by atoms with Crippen molar-refractivity contribution in [2.24, 2.45) is 0 Å². The summed E-state index contributed by atoms with van der Waals surface area (Å²) >= 11 is 3.44. The molecule has 4 nitrogen and oxygen atoms in total. The van der Waals surface area contributed by atoms with Crippen LogP contribution in [0.3, 0.4) is 0 Å². The van der Waals surface area contributed by atoms with Crippen molar-refractivity contribution in [3.05, 3.63) is 67.0 Å². The molecule has 0 amide bonds. The van der Waals surface area contributed by atoms with Crippen LogP contribution < -0.4 is 9.47 Å². The molecule has 0 radical (unpaired) electrons. The minimum Gasteiger partial charge on any atom is -0.493 e. The van der Waals surface area contributed by atoms with Gasteiger partial charge in [-0.15, -0.1) is 22.7 Å². The van der Waals surface area contributed by atoms with Crippen LogP contribution in [0, 0.1) is 22.7 Å². The van der Waals surface area contributed by atoms with Crippen molar-refractivity contribution in [2.45, 2.75) is 297 Å². The molecule has 6 heteroatoms. The van der Waals surface area contributed by atoms with Crippen molar-refractivity contribution in [3.63, 3.8) is 0 Å². The van der Waals surface area contributed by atoms with Crippen LogP contribution in [0.25, 0.3) is 23.3 Å². The van der Waals surface area contributed by atoms with E-state index in [9.17, 15) is 10.5 Å². The molecule has 1 aromatic carbocycles. The summed E-state index contributed by atoms with van der Waals surface area (Å²) in [6.07, 6.45) is 58.2. The van der Waals surface area contributed by atoms with Crippen LogP contribution in [-0.4, -0.2) is 13.2 Å². The molecule has 0 saturated heterocycles. The fourth-order valence-corrected chi connectivity index (χ4v) is 12.0. The van der Waals surface area contributed by atoms with Gasteiger partial charge < -0.3 is 9.47 Å². The SMILES string of the molecule is CCCCCCCCCCCCOc1cc(/C(C#N)=C/c2cc(CCCCCCCCCCCC)cs2)c(OCCCCCCCCCCCC)cc1C(C#N)=Cc1cc(CCCCCCCCCCCC)cs1. The maximum absolute atomic E-state index is 10.9. The molecule has 0 aliphatic carbocycles. The number of aryl methyl sites for hydroxylation is 2. The Hall–Kier alpha value is -3.32. The molecule has 0 saturated carbocycles. The molecular weight excluding hydrogens is 941 g/mol. The number of thiophene rings is 2. The molecule has 2 heterocycles. The van der Waals surface area contributed by atoms with E-state index in [1.54, 1.807) is 22.7 Å². The lowest BCUT2D eigenvalue weighted by molar-refractivity contribution is 0.295. The van der Waals surface area contributed by atoms with Crippen LogP contribution in [0.5, 0.6) is 11.5 Å². The Balaban J connectivity index is 1.83. The normalized spacial score (nSPS) is 11.9. The summed E-state index contributed by atoms with van der Waals surface area (Å²) in [6.45, 7) is 10.3. The second kappa shape index (κ2) is 45.8. The molecule has 0 bridgehead atoms. The maximum atomic E-state index is 10.9. The van der Waals surface area contributed by atoms with E-state index in [1.165, 1.54) is 242 Å². The zero-order chi connectivity index (χ0) is 52.8. The van der Waals surface area contributed by atoms with Crippen molar-refractivity contribution >= 4 is 46.0 Å². The molecule has 0 atom stereocenters. The second-order valence-electron chi connectivity index (χ2n) is 21.8. The van der Waals surface area contributed by atoms with Crippen LogP contribution in [0.15, 0.2) is 35.0 Å². The molecule has 0 fully saturated rings. The van der Waals surface area contributed by atoms with Crippen LogP contribution in [0.4, 0.5) is 0 Å². The van der Waals surface area contributed by atoms with E-state index >= 15 is 0 Å². The van der Waals surface area contributed by atoms with Gasteiger partial charge in [0, 0.05) is 20.9 Å². The first-order valence-corrected chi connectivity index (χ1v) is 33.1. The Labute approximate surface area is 464 Å². The molecule has 3 rings (SSSR count). The van der Waals surface area contributed by atoms with E-state index < -0.39 is 0 Å². The Bertz CT molecular complexity index is 1820. The van der Waals surface area contributed by atoms with Crippen molar-refractivity contribution in [2.75, 3.05) is 13.2 Å². The third kappa shape index (κ3) is 31.0. The van der Waals surface area contributed by atoms with Crippen LogP contribution >= 0.6 is 22.7 Å². The molecule has 0 aliphatic heterocycles. The lowest BCUT2D eigenvalue weighted by Gasteiger charge is -2.18. The molecule has 0 aliphatic rings. The highest BCUT2D eigenvalue weighted by Crippen LogP contribution is 2.39. The lowest BCUT2D eigenvalue weighted by Crippen LogP contribution is -2.05. The molecule has 414 valence electrons. The third-order valence-electron chi connectivity index (χ3n) is 15.0. The molecule has 74 heavy (non-hydrogen) atoms. The largest absolute Gasteiger partial charge is 0.493 e. The smallest absolute Gasteiger partial charge is 0.128 e.